The molecule has 13 heavy (non-hydrogen) atoms. The van der Waals surface area contributed by atoms with Crippen molar-refractivity contribution in [2.75, 3.05) is 13.2 Å². The predicted octanol–water partition coefficient (Wildman–Crippen LogP) is 2.48. The smallest absolute Gasteiger partial charge is 0.0667 e. The Labute approximate surface area is 83.7 Å². The maximum absolute atomic E-state index is 5.93. The van der Waals surface area contributed by atoms with Crippen LogP contribution in [0.1, 0.15) is 29.1 Å². The molecular formula is C10H17NOS. The Morgan fingerprint density at radius 2 is 2.31 bits per heavy atom. The fraction of sp³-hybridized carbons (Fsp3) is 0.600. The van der Waals surface area contributed by atoms with Crippen LogP contribution in [0.2, 0.25) is 0 Å². The molecule has 1 aromatic rings. The lowest BCUT2D eigenvalue weighted by Crippen LogP contribution is -2.16. The van der Waals surface area contributed by atoms with Gasteiger partial charge in [0.1, 0.15) is 0 Å². The summed E-state index contributed by atoms with van der Waals surface area (Å²) in [5, 5.41) is 0. The third-order valence-corrected chi connectivity index (χ3v) is 2.91. The van der Waals surface area contributed by atoms with Crippen molar-refractivity contribution in [3.05, 3.63) is 21.9 Å². The van der Waals surface area contributed by atoms with E-state index in [1.165, 1.54) is 9.75 Å². The number of hydrogen-bond acceptors (Lipinski definition) is 3. The third-order valence-electron chi connectivity index (χ3n) is 1.77. The molecule has 0 aliphatic rings. The highest BCUT2D eigenvalue weighted by molar-refractivity contribution is 7.12. The van der Waals surface area contributed by atoms with Gasteiger partial charge < -0.3 is 10.5 Å². The number of rotatable bonds is 5. The summed E-state index contributed by atoms with van der Waals surface area (Å²) in [4.78, 5) is 2.52. The minimum Gasteiger partial charge on any atom is -0.379 e. The molecule has 1 rings (SSSR count). The van der Waals surface area contributed by atoms with Crippen molar-refractivity contribution in [3.63, 3.8) is 0 Å². The van der Waals surface area contributed by atoms with Crippen molar-refractivity contribution in [1.29, 1.82) is 0 Å². The summed E-state index contributed by atoms with van der Waals surface area (Å²) in [5.74, 6) is 0. The number of ether oxygens (including phenoxy) is 1. The quantitative estimate of drug-likeness (QED) is 0.739. The van der Waals surface area contributed by atoms with Gasteiger partial charge in [-0.15, -0.1) is 11.3 Å². The van der Waals surface area contributed by atoms with Crippen molar-refractivity contribution in [1.82, 2.24) is 0 Å². The van der Waals surface area contributed by atoms with E-state index in [1.54, 1.807) is 11.3 Å². The van der Waals surface area contributed by atoms with Crippen LogP contribution in [0.5, 0.6) is 0 Å². The molecule has 0 amide bonds. The molecule has 0 aliphatic carbocycles. The number of nitrogens with two attached hydrogens (primary N) is 1. The lowest BCUT2D eigenvalue weighted by molar-refractivity contribution is 0.122. The lowest BCUT2D eigenvalue weighted by Gasteiger charge is -2.09. The van der Waals surface area contributed by atoms with Crippen LogP contribution in [0.4, 0.5) is 0 Å². The molecule has 0 fully saturated rings. The Morgan fingerprint density at radius 3 is 2.85 bits per heavy atom. The highest BCUT2D eigenvalue weighted by atomic mass is 32.1. The van der Waals surface area contributed by atoms with Gasteiger partial charge in [0.2, 0.25) is 0 Å². The van der Waals surface area contributed by atoms with Crippen LogP contribution in [0, 0.1) is 6.92 Å². The molecule has 1 aromatic heterocycles. The van der Waals surface area contributed by atoms with Gasteiger partial charge in [0, 0.05) is 16.4 Å². The van der Waals surface area contributed by atoms with Crippen LogP contribution in [-0.2, 0) is 4.74 Å². The first-order valence-corrected chi connectivity index (χ1v) is 5.45. The highest BCUT2D eigenvalue weighted by Crippen LogP contribution is 2.21. The Morgan fingerprint density at radius 1 is 1.54 bits per heavy atom. The standard InChI is InChI=1S/C10H17NOS/c1-3-6-12-7-9(11)10-5-4-8(2)13-10/h4-5,9H,3,6-7,11H2,1-2H3. The van der Waals surface area contributed by atoms with Gasteiger partial charge in [0.05, 0.1) is 12.6 Å². The normalized spacial score (nSPS) is 13.2. The van der Waals surface area contributed by atoms with Gasteiger partial charge in [-0.05, 0) is 25.5 Å². The maximum atomic E-state index is 5.93. The lowest BCUT2D eigenvalue weighted by atomic mass is 10.3. The number of hydrogen-bond donors (Lipinski definition) is 1. The van der Waals surface area contributed by atoms with Crippen molar-refractivity contribution < 1.29 is 4.74 Å². The van der Waals surface area contributed by atoms with Crippen molar-refractivity contribution >= 4 is 11.3 Å². The Balaban J connectivity index is 2.35. The van der Waals surface area contributed by atoms with E-state index in [9.17, 15) is 0 Å². The summed E-state index contributed by atoms with van der Waals surface area (Å²) in [6.45, 7) is 5.63. The first kappa shape index (κ1) is 10.7. The Hall–Kier alpha value is -0.380. The first-order chi connectivity index (χ1) is 6.24. The summed E-state index contributed by atoms with van der Waals surface area (Å²) in [7, 11) is 0. The first-order valence-electron chi connectivity index (χ1n) is 4.63. The molecule has 3 heteroatoms. The molecule has 2 N–H and O–H groups in total. The van der Waals surface area contributed by atoms with Crippen LogP contribution in [0.25, 0.3) is 0 Å². The molecule has 1 heterocycles. The van der Waals surface area contributed by atoms with Crippen LogP contribution in [-0.4, -0.2) is 13.2 Å². The third kappa shape index (κ3) is 3.46. The van der Waals surface area contributed by atoms with Crippen LogP contribution in [0.3, 0.4) is 0 Å². The van der Waals surface area contributed by atoms with Gasteiger partial charge in [-0.3, -0.25) is 0 Å². The molecule has 0 saturated carbocycles. The van der Waals surface area contributed by atoms with E-state index in [2.05, 4.69) is 26.0 Å². The van der Waals surface area contributed by atoms with E-state index < -0.39 is 0 Å². The number of aryl methyl sites for hydroxylation is 1. The molecule has 1 unspecified atom stereocenters. The SMILES string of the molecule is CCCOCC(N)c1ccc(C)s1. The minimum absolute atomic E-state index is 0.0465. The largest absolute Gasteiger partial charge is 0.379 e. The summed E-state index contributed by atoms with van der Waals surface area (Å²) in [5.41, 5.74) is 5.93. The van der Waals surface area contributed by atoms with Crippen molar-refractivity contribution in [2.45, 2.75) is 26.3 Å². The minimum atomic E-state index is 0.0465. The molecule has 0 aliphatic heterocycles. The van der Waals surface area contributed by atoms with Crippen LogP contribution >= 0.6 is 11.3 Å². The molecule has 1 atom stereocenters. The highest BCUT2D eigenvalue weighted by Gasteiger charge is 2.07. The van der Waals surface area contributed by atoms with Gasteiger partial charge in [-0.25, -0.2) is 0 Å². The van der Waals surface area contributed by atoms with Crippen molar-refractivity contribution in [2.24, 2.45) is 5.73 Å². The van der Waals surface area contributed by atoms with Gasteiger partial charge >= 0.3 is 0 Å². The summed E-state index contributed by atoms with van der Waals surface area (Å²) in [6.07, 6.45) is 1.05. The van der Waals surface area contributed by atoms with Gasteiger partial charge in [0.25, 0.3) is 0 Å². The van der Waals surface area contributed by atoms with E-state index in [4.69, 9.17) is 10.5 Å². The van der Waals surface area contributed by atoms with Gasteiger partial charge in [0.15, 0.2) is 0 Å². The fourth-order valence-electron chi connectivity index (χ4n) is 1.09. The fourth-order valence-corrected chi connectivity index (χ4v) is 1.95. The molecule has 0 radical (unpaired) electrons. The monoisotopic (exact) mass is 199 g/mol. The zero-order chi connectivity index (χ0) is 9.68. The second kappa shape index (κ2) is 5.37. The maximum Gasteiger partial charge on any atom is 0.0667 e. The Kier molecular flexibility index (Phi) is 4.42. The van der Waals surface area contributed by atoms with Gasteiger partial charge in [-0.1, -0.05) is 6.92 Å². The van der Waals surface area contributed by atoms with E-state index in [0.29, 0.717) is 6.61 Å². The summed E-state index contributed by atoms with van der Waals surface area (Å²) >= 11 is 1.75. The molecule has 74 valence electrons. The van der Waals surface area contributed by atoms with E-state index in [-0.39, 0.29) is 6.04 Å². The average Bonchev–Trinajstić information content (AvgIpc) is 2.52. The second-order valence-electron chi connectivity index (χ2n) is 3.13. The number of thiophene rings is 1. The van der Waals surface area contributed by atoms with E-state index in [0.717, 1.165) is 13.0 Å². The van der Waals surface area contributed by atoms with Crippen LogP contribution < -0.4 is 5.73 Å². The summed E-state index contributed by atoms with van der Waals surface area (Å²) < 4.78 is 5.39. The topological polar surface area (TPSA) is 35.2 Å². The average molecular weight is 199 g/mol. The summed E-state index contributed by atoms with van der Waals surface area (Å²) in [6, 6.07) is 4.23. The zero-order valence-electron chi connectivity index (χ0n) is 8.25. The molecule has 0 aromatic carbocycles. The molecule has 0 spiro atoms. The molecule has 2 nitrogen and oxygen atoms in total. The molecular weight excluding hydrogens is 182 g/mol. The Bertz CT molecular complexity index is 247. The van der Waals surface area contributed by atoms with Gasteiger partial charge in [-0.2, -0.15) is 0 Å². The van der Waals surface area contributed by atoms with E-state index in [1.807, 2.05) is 0 Å². The predicted molar refractivity (Wildman–Crippen MR) is 57.1 cm³/mol. The molecule has 0 bridgehead atoms. The zero-order valence-corrected chi connectivity index (χ0v) is 9.06. The molecule has 0 saturated heterocycles. The van der Waals surface area contributed by atoms with Crippen molar-refractivity contribution in [3.8, 4) is 0 Å². The van der Waals surface area contributed by atoms with Crippen LogP contribution in [0.15, 0.2) is 12.1 Å². The van der Waals surface area contributed by atoms with E-state index >= 15 is 0 Å². The second-order valence-corrected chi connectivity index (χ2v) is 4.45.